The van der Waals surface area contributed by atoms with E-state index < -0.39 is 20.4 Å². The molecule has 0 amide bonds. The first-order chi connectivity index (χ1) is 7.47. The van der Waals surface area contributed by atoms with E-state index in [0.717, 1.165) is 0 Å². The molecule has 0 radical (unpaired) electrons. The maximum absolute atomic E-state index is 10.3. The van der Waals surface area contributed by atoms with Gasteiger partial charge in [0.25, 0.3) is 0 Å². The van der Waals surface area contributed by atoms with Crippen molar-refractivity contribution in [2.75, 3.05) is 16.7 Å². The Labute approximate surface area is 127 Å². The Bertz CT molecular complexity index is 546. The predicted octanol–water partition coefficient (Wildman–Crippen LogP) is -3.35. The van der Waals surface area contributed by atoms with Crippen LogP contribution in [0.1, 0.15) is 0 Å². The Morgan fingerprint density at radius 3 is 1.78 bits per heavy atom. The number of benzene rings is 1. The van der Waals surface area contributed by atoms with Gasteiger partial charge in [-0.15, -0.1) is 0 Å². The minimum atomic E-state index is -4.18. The van der Waals surface area contributed by atoms with Gasteiger partial charge in [-0.1, -0.05) is 0 Å². The first kappa shape index (κ1) is 20.0. The van der Waals surface area contributed by atoms with Crippen LogP contribution in [-0.2, 0) is 20.4 Å². The summed E-state index contributed by atoms with van der Waals surface area (Å²) >= 11 is 0. The SMILES string of the molecule is CS(=O)(=O)[O-].Nc1ccc(NS(=O)(=O)O)cc1.[Na+]. The zero-order valence-electron chi connectivity index (χ0n) is 9.69. The van der Waals surface area contributed by atoms with Crippen LogP contribution in [0.15, 0.2) is 24.3 Å². The third kappa shape index (κ3) is 15.6. The van der Waals surface area contributed by atoms with Gasteiger partial charge in [-0.25, -0.2) is 8.42 Å². The number of nitrogens with two attached hydrogens (primary N) is 1. The zero-order chi connectivity index (χ0) is 13.7. The molecule has 0 spiro atoms. The van der Waals surface area contributed by atoms with E-state index in [1.165, 1.54) is 24.3 Å². The van der Waals surface area contributed by atoms with Gasteiger partial charge < -0.3 is 10.3 Å². The second kappa shape index (κ2) is 7.94. The molecular formula is C7H11N2NaO6S2. The van der Waals surface area contributed by atoms with Gasteiger partial charge in [0, 0.05) is 11.9 Å². The van der Waals surface area contributed by atoms with Gasteiger partial charge in [0.1, 0.15) is 0 Å². The fraction of sp³-hybridized carbons (Fsp3) is 0.143. The average Bonchev–Trinajstić information content (AvgIpc) is 2.03. The quantitative estimate of drug-likeness (QED) is 0.293. The molecule has 0 unspecified atom stereocenters. The largest absolute Gasteiger partial charge is 1.00 e. The number of nitrogens with one attached hydrogen (secondary N) is 1. The van der Waals surface area contributed by atoms with Crippen LogP contribution in [0.25, 0.3) is 0 Å². The molecule has 0 saturated carbocycles. The number of hydrogen-bond acceptors (Lipinski definition) is 6. The molecule has 4 N–H and O–H groups in total. The van der Waals surface area contributed by atoms with Gasteiger partial charge in [-0.05, 0) is 24.3 Å². The van der Waals surface area contributed by atoms with Gasteiger partial charge in [0.05, 0.1) is 15.8 Å². The Morgan fingerprint density at radius 1 is 1.17 bits per heavy atom. The molecule has 0 aromatic heterocycles. The van der Waals surface area contributed by atoms with E-state index in [9.17, 15) is 8.42 Å². The van der Waals surface area contributed by atoms with Crippen molar-refractivity contribution in [3.63, 3.8) is 0 Å². The summed E-state index contributed by atoms with van der Waals surface area (Å²) in [5.74, 6) is 0. The average molecular weight is 306 g/mol. The molecule has 0 saturated heterocycles. The maximum atomic E-state index is 10.3. The van der Waals surface area contributed by atoms with Crippen LogP contribution in [0, 0.1) is 0 Å². The second-order valence-corrected chi connectivity index (χ2v) is 5.47. The van der Waals surface area contributed by atoms with Crippen molar-refractivity contribution in [2.45, 2.75) is 0 Å². The van der Waals surface area contributed by atoms with Crippen LogP contribution in [0.5, 0.6) is 0 Å². The molecule has 1 rings (SSSR count). The van der Waals surface area contributed by atoms with Crippen LogP contribution in [-0.4, -0.2) is 32.2 Å². The Hall–Kier alpha value is -0.360. The van der Waals surface area contributed by atoms with Gasteiger partial charge in [-0.3, -0.25) is 9.27 Å². The van der Waals surface area contributed by atoms with Gasteiger partial charge in [0.2, 0.25) is 0 Å². The van der Waals surface area contributed by atoms with Crippen molar-refractivity contribution in [1.82, 2.24) is 0 Å². The predicted molar refractivity (Wildman–Crippen MR) is 61.6 cm³/mol. The number of anilines is 2. The monoisotopic (exact) mass is 306 g/mol. The van der Waals surface area contributed by atoms with Crippen LogP contribution in [0.4, 0.5) is 11.4 Å². The zero-order valence-corrected chi connectivity index (χ0v) is 13.3. The molecule has 0 fully saturated rings. The molecule has 0 atom stereocenters. The van der Waals surface area contributed by atoms with E-state index in [-0.39, 0.29) is 35.2 Å². The number of nitrogen functional groups attached to an aromatic ring is 1. The Balaban J connectivity index is 0. The van der Waals surface area contributed by atoms with E-state index in [1.807, 2.05) is 4.72 Å². The summed E-state index contributed by atoms with van der Waals surface area (Å²) in [6, 6.07) is 5.94. The molecule has 98 valence electrons. The summed E-state index contributed by atoms with van der Waals surface area (Å²) in [7, 11) is -8.10. The van der Waals surface area contributed by atoms with Crippen LogP contribution in [0.3, 0.4) is 0 Å². The molecule has 0 bridgehead atoms. The van der Waals surface area contributed by atoms with Crippen LogP contribution in [0.2, 0.25) is 0 Å². The Morgan fingerprint density at radius 2 is 1.50 bits per heavy atom. The third-order valence-corrected chi connectivity index (χ3v) is 1.65. The van der Waals surface area contributed by atoms with Crippen molar-refractivity contribution < 1.29 is 55.5 Å². The summed E-state index contributed by atoms with van der Waals surface area (Å²) in [5, 5.41) is 0. The van der Waals surface area contributed by atoms with Crippen molar-refractivity contribution in [3.05, 3.63) is 24.3 Å². The van der Waals surface area contributed by atoms with E-state index in [4.69, 9.17) is 23.3 Å². The summed E-state index contributed by atoms with van der Waals surface area (Å²) in [5.41, 5.74) is 6.14. The van der Waals surface area contributed by atoms with Crippen molar-refractivity contribution >= 4 is 31.8 Å². The van der Waals surface area contributed by atoms with E-state index in [2.05, 4.69) is 0 Å². The first-order valence-corrected chi connectivity index (χ1v) is 7.24. The fourth-order valence-corrected chi connectivity index (χ4v) is 1.13. The normalized spacial score (nSPS) is 10.6. The third-order valence-electron chi connectivity index (χ3n) is 1.16. The number of hydrogen-bond donors (Lipinski definition) is 3. The molecule has 0 heterocycles. The molecule has 8 nitrogen and oxygen atoms in total. The summed E-state index contributed by atoms with van der Waals surface area (Å²) in [4.78, 5) is 0. The van der Waals surface area contributed by atoms with Gasteiger partial charge >= 0.3 is 39.9 Å². The molecule has 0 aliphatic carbocycles. The maximum Gasteiger partial charge on any atom is 1.00 e. The number of rotatable bonds is 2. The fourth-order valence-electron chi connectivity index (χ4n) is 0.700. The topological polar surface area (TPSA) is 150 Å². The molecule has 1 aromatic rings. The van der Waals surface area contributed by atoms with E-state index in [1.54, 1.807) is 0 Å². The standard InChI is InChI=1S/C6H8N2O3S.CH4O3S.Na/c7-5-1-3-6(4-2-5)8-12(9,10)11;1-5(2,3)4;/h1-4,8H,7H2,(H,9,10,11);1H3,(H,2,3,4);/q;;+1/p-1. The minimum absolute atomic E-state index is 0. The van der Waals surface area contributed by atoms with E-state index >= 15 is 0 Å². The first-order valence-electron chi connectivity index (χ1n) is 3.99. The second-order valence-electron chi connectivity index (χ2n) is 2.90. The van der Waals surface area contributed by atoms with Gasteiger partial charge in [-0.2, -0.15) is 8.42 Å². The smallest absolute Gasteiger partial charge is 0.748 e. The van der Waals surface area contributed by atoms with Crippen LogP contribution >= 0.6 is 0 Å². The van der Waals surface area contributed by atoms with Crippen molar-refractivity contribution in [2.24, 2.45) is 0 Å². The van der Waals surface area contributed by atoms with Crippen LogP contribution < -0.4 is 40.0 Å². The summed E-state index contributed by atoms with van der Waals surface area (Å²) in [6.07, 6.45) is 0.604. The van der Waals surface area contributed by atoms with Gasteiger partial charge in [0.15, 0.2) is 0 Å². The molecule has 1 aromatic carbocycles. The molecule has 0 aliphatic heterocycles. The summed E-state index contributed by atoms with van der Waals surface area (Å²) < 4.78 is 58.1. The Kier molecular flexibility index (Phi) is 8.81. The molecule has 11 heteroatoms. The van der Waals surface area contributed by atoms with Crippen molar-refractivity contribution in [1.29, 1.82) is 0 Å². The van der Waals surface area contributed by atoms with E-state index in [0.29, 0.717) is 11.9 Å². The summed E-state index contributed by atoms with van der Waals surface area (Å²) in [6.45, 7) is 0. The van der Waals surface area contributed by atoms with Crippen molar-refractivity contribution in [3.8, 4) is 0 Å². The molecule has 18 heavy (non-hydrogen) atoms. The molecular weight excluding hydrogens is 295 g/mol. The molecule has 0 aliphatic rings. The minimum Gasteiger partial charge on any atom is -0.748 e.